The minimum atomic E-state index is -0.471. The van der Waals surface area contributed by atoms with Crippen LogP contribution in [0, 0.1) is 17.3 Å². The van der Waals surface area contributed by atoms with Gasteiger partial charge in [-0.25, -0.2) is 0 Å². The van der Waals surface area contributed by atoms with Crippen molar-refractivity contribution in [1.82, 2.24) is 0 Å². The van der Waals surface area contributed by atoms with Crippen LogP contribution in [-0.4, -0.2) is 17.3 Å². The Morgan fingerprint density at radius 3 is 2.79 bits per heavy atom. The van der Waals surface area contributed by atoms with E-state index in [0.29, 0.717) is 11.8 Å². The second kappa shape index (κ2) is 5.76. The molecule has 4 rings (SSSR count). The van der Waals surface area contributed by atoms with Crippen molar-refractivity contribution in [2.24, 2.45) is 17.3 Å². The molecule has 1 aromatic rings. The number of hydrogen-bond donors (Lipinski definition) is 1. The van der Waals surface area contributed by atoms with Crippen molar-refractivity contribution < 1.29 is 9.84 Å². The maximum atomic E-state index is 10.9. The standard InChI is InChI=1S/C22H32O2/c1-4-13-24-16-6-8-17-15(14-16)5-7-19-18(17)9-11-21(2)20(19)10-12-22(21,3)23/h6,8,14,18-20,23H,4-5,7,9-13H2,1-3H3/t18-,19+,20-,21-,22-/m1/s1. The van der Waals surface area contributed by atoms with Crippen molar-refractivity contribution in [3.05, 3.63) is 29.3 Å². The molecular formula is C22H32O2. The Hall–Kier alpha value is -1.02. The predicted molar refractivity (Wildman–Crippen MR) is 97.5 cm³/mol. The lowest BCUT2D eigenvalue weighted by Gasteiger charge is -2.52. The smallest absolute Gasteiger partial charge is 0.119 e. The van der Waals surface area contributed by atoms with Crippen LogP contribution in [0.25, 0.3) is 0 Å². The molecule has 0 spiro atoms. The molecule has 0 unspecified atom stereocenters. The molecule has 5 atom stereocenters. The number of hydrogen-bond acceptors (Lipinski definition) is 2. The number of rotatable bonds is 3. The van der Waals surface area contributed by atoms with E-state index in [2.05, 4.69) is 39.0 Å². The summed E-state index contributed by atoms with van der Waals surface area (Å²) in [6, 6.07) is 6.81. The minimum Gasteiger partial charge on any atom is -0.494 e. The Morgan fingerprint density at radius 1 is 1.17 bits per heavy atom. The number of ether oxygens (including phenoxy) is 1. The van der Waals surface area contributed by atoms with Gasteiger partial charge in [-0.3, -0.25) is 0 Å². The van der Waals surface area contributed by atoms with Gasteiger partial charge in [-0.1, -0.05) is 19.9 Å². The van der Waals surface area contributed by atoms with Crippen molar-refractivity contribution in [2.45, 2.75) is 77.2 Å². The molecule has 24 heavy (non-hydrogen) atoms. The molecule has 0 bridgehead atoms. The fourth-order valence-electron chi connectivity index (χ4n) is 6.11. The molecule has 2 saturated carbocycles. The summed E-state index contributed by atoms with van der Waals surface area (Å²) in [4.78, 5) is 0. The van der Waals surface area contributed by atoms with Gasteiger partial charge in [0.2, 0.25) is 0 Å². The van der Waals surface area contributed by atoms with Gasteiger partial charge >= 0.3 is 0 Å². The van der Waals surface area contributed by atoms with E-state index >= 15 is 0 Å². The Morgan fingerprint density at radius 2 is 2.00 bits per heavy atom. The van der Waals surface area contributed by atoms with E-state index in [0.717, 1.165) is 31.1 Å². The van der Waals surface area contributed by atoms with Crippen LogP contribution in [0.5, 0.6) is 5.75 Å². The molecule has 3 aliphatic carbocycles. The third kappa shape index (κ3) is 2.33. The van der Waals surface area contributed by atoms with E-state index in [1.165, 1.54) is 37.7 Å². The summed E-state index contributed by atoms with van der Waals surface area (Å²) >= 11 is 0. The van der Waals surface area contributed by atoms with Crippen molar-refractivity contribution in [3.8, 4) is 5.75 Å². The van der Waals surface area contributed by atoms with Crippen molar-refractivity contribution in [3.63, 3.8) is 0 Å². The molecule has 2 fully saturated rings. The normalized spacial score (nSPS) is 40.6. The molecule has 2 nitrogen and oxygen atoms in total. The molecule has 0 radical (unpaired) electrons. The Balaban J connectivity index is 1.61. The molecule has 3 aliphatic rings. The molecule has 2 heteroatoms. The summed E-state index contributed by atoms with van der Waals surface area (Å²) in [5, 5.41) is 10.9. The highest BCUT2D eigenvalue weighted by Gasteiger charge is 2.59. The SMILES string of the molecule is CCCOc1ccc2c(c1)CC[C@H]1[C@@H]2CC[C@]2(C)[C@@H]1CC[C@@]2(C)O. The van der Waals surface area contributed by atoms with Crippen LogP contribution in [0.4, 0.5) is 0 Å². The van der Waals surface area contributed by atoms with Crippen LogP contribution in [0.3, 0.4) is 0 Å². The molecule has 0 amide bonds. The Kier molecular flexibility index (Phi) is 3.95. The molecule has 0 heterocycles. The van der Waals surface area contributed by atoms with Gasteiger partial charge in [0.15, 0.2) is 0 Å². The molecule has 132 valence electrons. The van der Waals surface area contributed by atoms with E-state index in [1.807, 2.05) is 0 Å². The third-order valence-electron chi connectivity index (χ3n) is 7.73. The number of benzene rings is 1. The van der Waals surface area contributed by atoms with Gasteiger partial charge in [-0.05, 0) is 98.3 Å². The lowest BCUT2D eigenvalue weighted by molar-refractivity contribution is -0.0901. The van der Waals surface area contributed by atoms with Crippen LogP contribution in [0.1, 0.15) is 76.3 Å². The predicted octanol–water partition coefficient (Wildman–Crippen LogP) is 5.08. The van der Waals surface area contributed by atoms with Crippen LogP contribution in [-0.2, 0) is 6.42 Å². The van der Waals surface area contributed by atoms with Crippen molar-refractivity contribution >= 4 is 0 Å². The van der Waals surface area contributed by atoms with Gasteiger partial charge in [0.1, 0.15) is 5.75 Å². The molecule has 0 saturated heterocycles. The average molecular weight is 328 g/mol. The van der Waals surface area contributed by atoms with E-state index in [4.69, 9.17) is 4.74 Å². The summed E-state index contributed by atoms with van der Waals surface area (Å²) in [6.07, 6.45) is 8.10. The summed E-state index contributed by atoms with van der Waals surface area (Å²) in [7, 11) is 0. The van der Waals surface area contributed by atoms with Gasteiger partial charge in [0, 0.05) is 0 Å². The first-order valence-electron chi connectivity index (χ1n) is 9.94. The van der Waals surface area contributed by atoms with Gasteiger partial charge < -0.3 is 9.84 Å². The lowest BCUT2D eigenvalue weighted by atomic mass is 9.53. The maximum absolute atomic E-state index is 10.9. The summed E-state index contributed by atoms with van der Waals surface area (Å²) < 4.78 is 5.84. The molecule has 0 aliphatic heterocycles. The first kappa shape index (κ1) is 16.4. The van der Waals surface area contributed by atoms with Gasteiger partial charge in [0.05, 0.1) is 12.2 Å². The highest BCUT2D eigenvalue weighted by molar-refractivity contribution is 5.41. The van der Waals surface area contributed by atoms with E-state index < -0.39 is 5.60 Å². The molecule has 1 aromatic carbocycles. The van der Waals surface area contributed by atoms with Crippen molar-refractivity contribution in [2.75, 3.05) is 6.61 Å². The summed E-state index contributed by atoms with van der Waals surface area (Å²) in [5.41, 5.74) is 2.73. The lowest BCUT2D eigenvalue weighted by Crippen LogP contribution is -2.49. The van der Waals surface area contributed by atoms with Crippen LogP contribution in [0.15, 0.2) is 18.2 Å². The zero-order valence-corrected chi connectivity index (χ0v) is 15.5. The Labute approximate surface area is 146 Å². The quantitative estimate of drug-likeness (QED) is 0.838. The van der Waals surface area contributed by atoms with E-state index in [-0.39, 0.29) is 5.41 Å². The van der Waals surface area contributed by atoms with Crippen molar-refractivity contribution in [1.29, 1.82) is 0 Å². The van der Waals surface area contributed by atoms with Crippen LogP contribution < -0.4 is 4.74 Å². The zero-order chi connectivity index (χ0) is 16.9. The molecular weight excluding hydrogens is 296 g/mol. The van der Waals surface area contributed by atoms with Gasteiger partial charge in [-0.2, -0.15) is 0 Å². The van der Waals surface area contributed by atoms with E-state index in [1.54, 1.807) is 5.56 Å². The molecule has 1 N–H and O–H groups in total. The fraction of sp³-hybridized carbons (Fsp3) is 0.727. The average Bonchev–Trinajstić information content (AvgIpc) is 2.82. The summed E-state index contributed by atoms with van der Waals surface area (Å²) in [5.74, 6) is 3.18. The highest BCUT2D eigenvalue weighted by atomic mass is 16.5. The summed E-state index contributed by atoms with van der Waals surface area (Å²) in [6.45, 7) is 7.40. The van der Waals surface area contributed by atoms with Gasteiger partial charge in [0.25, 0.3) is 0 Å². The first-order chi connectivity index (χ1) is 11.5. The number of fused-ring (bicyclic) bond motifs is 5. The first-order valence-corrected chi connectivity index (χ1v) is 9.94. The largest absolute Gasteiger partial charge is 0.494 e. The number of aryl methyl sites for hydroxylation is 1. The third-order valence-corrected chi connectivity index (χ3v) is 7.73. The second-order valence-corrected chi connectivity index (χ2v) is 8.89. The number of aliphatic hydroxyl groups is 1. The van der Waals surface area contributed by atoms with Crippen LogP contribution >= 0.6 is 0 Å². The van der Waals surface area contributed by atoms with Crippen LogP contribution in [0.2, 0.25) is 0 Å². The maximum Gasteiger partial charge on any atom is 0.119 e. The Bertz CT molecular complexity index is 620. The van der Waals surface area contributed by atoms with Gasteiger partial charge in [-0.15, -0.1) is 0 Å². The zero-order valence-electron chi connectivity index (χ0n) is 15.5. The highest BCUT2D eigenvalue weighted by Crippen LogP contribution is 2.64. The minimum absolute atomic E-state index is 0.121. The second-order valence-electron chi connectivity index (χ2n) is 8.89. The monoisotopic (exact) mass is 328 g/mol. The topological polar surface area (TPSA) is 29.5 Å². The van der Waals surface area contributed by atoms with E-state index in [9.17, 15) is 5.11 Å². The fourth-order valence-corrected chi connectivity index (χ4v) is 6.11. The molecule has 0 aromatic heterocycles.